The van der Waals surface area contributed by atoms with E-state index in [0.29, 0.717) is 0 Å². The van der Waals surface area contributed by atoms with Crippen molar-refractivity contribution >= 4 is 11.8 Å². The first-order valence-corrected chi connectivity index (χ1v) is 8.25. The van der Waals surface area contributed by atoms with E-state index in [0.717, 1.165) is 24.5 Å². The molecule has 0 saturated carbocycles. The van der Waals surface area contributed by atoms with Crippen molar-refractivity contribution in [2.75, 3.05) is 12.4 Å². The molecule has 1 aliphatic heterocycles. The fourth-order valence-electron chi connectivity index (χ4n) is 2.69. The monoisotopic (exact) mass is 300 g/mol. The maximum atomic E-state index is 5.79. The van der Waals surface area contributed by atoms with Gasteiger partial charge in [-0.2, -0.15) is 0 Å². The molecule has 0 bridgehead atoms. The summed E-state index contributed by atoms with van der Waals surface area (Å²) >= 11 is 1.85. The van der Waals surface area contributed by atoms with Crippen LogP contribution < -0.4 is 16.0 Å². The molecule has 2 aromatic rings. The smallest absolute Gasteiger partial charge is 0.122 e. The molecule has 1 unspecified atom stereocenters. The molecule has 1 aliphatic rings. The van der Waals surface area contributed by atoms with Crippen LogP contribution in [0.4, 0.5) is 0 Å². The Kier molecular flexibility index (Phi) is 4.48. The molecule has 1 heterocycles. The highest BCUT2D eigenvalue weighted by Crippen LogP contribution is 2.31. The van der Waals surface area contributed by atoms with Gasteiger partial charge < -0.3 is 4.74 Å². The van der Waals surface area contributed by atoms with Crippen LogP contribution in [0.1, 0.15) is 29.7 Å². The van der Waals surface area contributed by atoms with E-state index < -0.39 is 0 Å². The molecule has 3 nitrogen and oxygen atoms in total. The van der Waals surface area contributed by atoms with Gasteiger partial charge in [0.25, 0.3) is 0 Å². The third kappa shape index (κ3) is 3.07. The molecule has 21 heavy (non-hydrogen) atoms. The molecule has 0 aliphatic carbocycles. The first-order valence-electron chi connectivity index (χ1n) is 7.26. The van der Waals surface area contributed by atoms with E-state index in [1.165, 1.54) is 21.6 Å². The van der Waals surface area contributed by atoms with Gasteiger partial charge in [0.2, 0.25) is 0 Å². The van der Waals surface area contributed by atoms with Crippen LogP contribution >= 0.6 is 11.8 Å². The third-order valence-electron chi connectivity index (χ3n) is 3.74. The van der Waals surface area contributed by atoms with Crippen LogP contribution in [-0.4, -0.2) is 12.4 Å². The zero-order valence-corrected chi connectivity index (χ0v) is 13.0. The summed E-state index contributed by atoms with van der Waals surface area (Å²) in [7, 11) is 0. The predicted molar refractivity (Wildman–Crippen MR) is 87.6 cm³/mol. The molecule has 0 aromatic heterocycles. The van der Waals surface area contributed by atoms with Crippen LogP contribution in [-0.2, 0) is 6.42 Å². The Morgan fingerprint density at radius 1 is 1.19 bits per heavy atom. The molecule has 0 radical (unpaired) electrons. The average Bonchev–Trinajstić information content (AvgIpc) is 2.98. The highest BCUT2D eigenvalue weighted by molar-refractivity contribution is 7.99. The quantitative estimate of drug-likeness (QED) is 0.505. The van der Waals surface area contributed by atoms with Crippen molar-refractivity contribution in [2.45, 2.75) is 24.3 Å². The van der Waals surface area contributed by atoms with Gasteiger partial charge in [-0.1, -0.05) is 31.2 Å². The number of hydrogen-bond acceptors (Lipinski definition) is 4. The lowest BCUT2D eigenvalue weighted by Crippen LogP contribution is -2.28. The van der Waals surface area contributed by atoms with Gasteiger partial charge in [0, 0.05) is 11.3 Å². The number of nitrogens with one attached hydrogen (secondary N) is 1. The molecule has 3 N–H and O–H groups in total. The molecular formula is C17H20N2OS. The summed E-state index contributed by atoms with van der Waals surface area (Å²) in [6.45, 7) is 2.94. The van der Waals surface area contributed by atoms with E-state index in [1.54, 1.807) is 0 Å². The Morgan fingerprint density at radius 3 is 2.67 bits per heavy atom. The second-order valence-corrected chi connectivity index (χ2v) is 6.40. The topological polar surface area (TPSA) is 47.3 Å². The normalized spacial score (nSPS) is 14.6. The van der Waals surface area contributed by atoms with Crippen LogP contribution in [0.15, 0.2) is 47.4 Å². The lowest BCUT2D eigenvalue weighted by molar-refractivity contribution is 0.357. The van der Waals surface area contributed by atoms with Crippen molar-refractivity contribution < 1.29 is 4.74 Å². The predicted octanol–water partition coefficient (Wildman–Crippen LogP) is 3.29. The largest absolute Gasteiger partial charge is 0.493 e. The molecule has 0 spiro atoms. The summed E-state index contributed by atoms with van der Waals surface area (Å²) in [6.07, 6.45) is 0.979. The Balaban J connectivity index is 1.87. The molecule has 0 amide bonds. The SMILES string of the molecule is CCSc1ccc(C(NN)c2ccc3c(c2)CCO3)cc1. The Bertz CT molecular complexity index is 613. The number of hydrogen-bond donors (Lipinski definition) is 2. The minimum absolute atomic E-state index is 0.0107. The maximum absolute atomic E-state index is 5.79. The van der Waals surface area contributed by atoms with E-state index in [2.05, 4.69) is 48.7 Å². The summed E-state index contributed by atoms with van der Waals surface area (Å²) in [6, 6.07) is 14.9. The summed E-state index contributed by atoms with van der Waals surface area (Å²) in [5, 5.41) is 0. The molecule has 0 fully saturated rings. The van der Waals surface area contributed by atoms with Crippen molar-refractivity contribution in [1.29, 1.82) is 0 Å². The van der Waals surface area contributed by atoms with Gasteiger partial charge in [0.05, 0.1) is 12.6 Å². The molecule has 2 aromatic carbocycles. The number of nitrogens with two attached hydrogens (primary N) is 1. The number of thioether (sulfide) groups is 1. The van der Waals surface area contributed by atoms with Gasteiger partial charge in [0.1, 0.15) is 5.75 Å². The minimum atomic E-state index is 0.0107. The lowest BCUT2D eigenvalue weighted by Gasteiger charge is -2.18. The van der Waals surface area contributed by atoms with E-state index in [4.69, 9.17) is 10.6 Å². The second-order valence-electron chi connectivity index (χ2n) is 5.07. The zero-order chi connectivity index (χ0) is 14.7. The maximum Gasteiger partial charge on any atom is 0.122 e. The van der Waals surface area contributed by atoms with Gasteiger partial charge >= 0.3 is 0 Å². The molecular weight excluding hydrogens is 280 g/mol. The molecule has 110 valence electrons. The van der Waals surface area contributed by atoms with Crippen molar-refractivity contribution in [1.82, 2.24) is 5.43 Å². The second kappa shape index (κ2) is 6.52. The highest BCUT2D eigenvalue weighted by atomic mass is 32.2. The van der Waals surface area contributed by atoms with Gasteiger partial charge in [-0.05, 0) is 40.6 Å². The van der Waals surface area contributed by atoms with Crippen LogP contribution in [0.3, 0.4) is 0 Å². The zero-order valence-electron chi connectivity index (χ0n) is 12.1. The Morgan fingerprint density at radius 2 is 1.95 bits per heavy atom. The van der Waals surface area contributed by atoms with Gasteiger partial charge in [-0.25, -0.2) is 5.43 Å². The van der Waals surface area contributed by atoms with Crippen molar-refractivity contribution in [3.05, 3.63) is 59.2 Å². The number of rotatable bonds is 5. The van der Waals surface area contributed by atoms with Crippen molar-refractivity contribution in [3.63, 3.8) is 0 Å². The van der Waals surface area contributed by atoms with Crippen LogP contribution in [0.2, 0.25) is 0 Å². The van der Waals surface area contributed by atoms with E-state index in [1.807, 2.05) is 17.8 Å². The number of ether oxygens (including phenoxy) is 1. The summed E-state index contributed by atoms with van der Waals surface area (Å²) in [4.78, 5) is 1.29. The first-order chi connectivity index (χ1) is 10.3. The molecule has 0 saturated heterocycles. The van der Waals surface area contributed by atoms with Gasteiger partial charge in [0.15, 0.2) is 0 Å². The first kappa shape index (κ1) is 14.4. The lowest BCUT2D eigenvalue weighted by atomic mass is 9.97. The average molecular weight is 300 g/mol. The van der Waals surface area contributed by atoms with E-state index in [9.17, 15) is 0 Å². The Labute approximate surface area is 129 Å². The van der Waals surface area contributed by atoms with Crippen LogP contribution in [0, 0.1) is 0 Å². The molecule has 4 heteroatoms. The summed E-state index contributed by atoms with van der Waals surface area (Å²) < 4.78 is 5.56. The fraction of sp³-hybridized carbons (Fsp3) is 0.294. The third-order valence-corrected chi connectivity index (χ3v) is 4.63. The van der Waals surface area contributed by atoms with Gasteiger partial charge in [-0.15, -0.1) is 11.8 Å². The molecule has 3 rings (SSSR count). The highest BCUT2D eigenvalue weighted by Gasteiger charge is 2.17. The van der Waals surface area contributed by atoms with Crippen LogP contribution in [0.5, 0.6) is 5.75 Å². The standard InChI is InChI=1S/C17H20N2OS/c1-2-21-15-6-3-12(4-7-15)17(19-18)14-5-8-16-13(11-14)9-10-20-16/h3-8,11,17,19H,2,9-10,18H2,1H3. The van der Waals surface area contributed by atoms with Crippen molar-refractivity contribution in [2.24, 2.45) is 5.84 Å². The summed E-state index contributed by atoms with van der Waals surface area (Å²) in [5.41, 5.74) is 6.56. The fourth-order valence-corrected chi connectivity index (χ4v) is 3.36. The number of hydrazine groups is 1. The molecule has 1 atom stereocenters. The minimum Gasteiger partial charge on any atom is -0.493 e. The number of fused-ring (bicyclic) bond motifs is 1. The summed E-state index contributed by atoms with van der Waals surface area (Å²) in [5.74, 6) is 7.88. The van der Waals surface area contributed by atoms with Crippen molar-refractivity contribution in [3.8, 4) is 5.75 Å². The number of benzene rings is 2. The van der Waals surface area contributed by atoms with Gasteiger partial charge in [-0.3, -0.25) is 5.84 Å². The van der Waals surface area contributed by atoms with E-state index >= 15 is 0 Å². The Hall–Kier alpha value is -1.49. The van der Waals surface area contributed by atoms with E-state index in [-0.39, 0.29) is 6.04 Å². The van der Waals surface area contributed by atoms with Crippen LogP contribution in [0.25, 0.3) is 0 Å².